The summed E-state index contributed by atoms with van der Waals surface area (Å²) < 4.78 is 38.4. The lowest BCUT2D eigenvalue weighted by Crippen LogP contribution is -2.31. The molecule has 1 aromatic carbocycles. The molecule has 0 radical (unpaired) electrons. The highest BCUT2D eigenvalue weighted by molar-refractivity contribution is 7.89. The van der Waals surface area contributed by atoms with Gasteiger partial charge in [-0.25, -0.2) is 8.42 Å². The highest BCUT2D eigenvalue weighted by atomic mass is 35.5. The summed E-state index contributed by atoms with van der Waals surface area (Å²) in [4.78, 5) is 0.114. The number of nitrogens with one attached hydrogen (secondary N) is 1. The van der Waals surface area contributed by atoms with Crippen LogP contribution in [0.15, 0.2) is 23.1 Å². The number of hydrogen-bond acceptors (Lipinski definition) is 5. The summed E-state index contributed by atoms with van der Waals surface area (Å²) in [5.41, 5.74) is 0. The Labute approximate surface area is 161 Å². The van der Waals surface area contributed by atoms with Gasteiger partial charge in [-0.1, -0.05) is 11.6 Å². The number of nitrogens with zero attached hydrogens (tertiary/aromatic N) is 1. The van der Waals surface area contributed by atoms with Crippen LogP contribution in [0.3, 0.4) is 0 Å². The molecule has 0 saturated carbocycles. The largest absolute Gasteiger partial charge is 0.487 e. The van der Waals surface area contributed by atoms with E-state index in [1.807, 2.05) is 14.0 Å². The van der Waals surface area contributed by atoms with Gasteiger partial charge in [-0.05, 0) is 51.1 Å². The molecule has 0 spiro atoms. The Hall–Kier alpha value is -0.570. The second kappa shape index (κ2) is 9.94. The summed E-state index contributed by atoms with van der Waals surface area (Å²) in [5.74, 6) is 0.627. The van der Waals surface area contributed by atoms with E-state index < -0.39 is 10.0 Å². The van der Waals surface area contributed by atoms with Crippen molar-refractivity contribution in [3.05, 3.63) is 23.2 Å². The number of rotatable bonds is 8. The molecule has 1 aromatic rings. The molecule has 9 heteroatoms. The van der Waals surface area contributed by atoms with Crippen LogP contribution in [-0.4, -0.2) is 59.2 Å². The first-order valence-electron chi connectivity index (χ1n) is 7.98. The maximum atomic E-state index is 13.0. The molecule has 2 rings (SSSR count). The summed E-state index contributed by atoms with van der Waals surface area (Å²) in [5, 5.41) is 3.47. The Morgan fingerprint density at radius 1 is 1.44 bits per heavy atom. The second-order valence-corrected chi connectivity index (χ2v) is 8.39. The Morgan fingerprint density at radius 2 is 2.16 bits per heavy atom. The first-order chi connectivity index (χ1) is 11.4. The van der Waals surface area contributed by atoms with Crippen molar-refractivity contribution in [2.24, 2.45) is 5.92 Å². The molecular weight excluding hydrogens is 387 g/mol. The minimum Gasteiger partial charge on any atom is -0.487 e. The van der Waals surface area contributed by atoms with Crippen molar-refractivity contribution in [1.82, 2.24) is 9.62 Å². The molecule has 25 heavy (non-hydrogen) atoms. The zero-order chi connectivity index (χ0) is 17.7. The molecule has 0 aliphatic carbocycles. The molecule has 0 aromatic heterocycles. The minimum atomic E-state index is -3.65. The lowest BCUT2D eigenvalue weighted by molar-refractivity contribution is 0.0900. The van der Waals surface area contributed by atoms with Gasteiger partial charge in [0.1, 0.15) is 16.7 Å². The molecule has 6 nitrogen and oxygen atoms in total. The molecule has 144 valence electrons. The van der Waals surface area contributed by atoms with Gasteiger partial charge in [0.25, 0.3) is 0 Å². The standard InChI is InChI=1S/C16H25ClN2O4S.ClH/c1-12(11-22-3)23-15-5-4-14(17)8-16(15)24(20,21)19-7-6-13(10-19)9-18-2;/h4-5,8,12-13,18H,6-7,9-11H2,1-3H3;1H. The van der Waals surface area contributed by atoms with Gasteiger partial charge in [0, 0.05) is 25.2 Å². The summed E-state index contributed by atoms with van der Waals surface area (Å²) in [6, 6.07) is 4.68. The first-order valence-corrected chi connectivity index (χ1v) is 9.80. The van der Waals surface area contributed by atoms with Crippen molar-refractivity contribution >= 4 is 34.0 Å². The number of ether oxygens (including phenoxy) is 2. The normalized spacial score (nSPS) is 19.4. The van der Waals surface area contributed by atoms with Gasteiger partial charge >= 0.3 is 0 Å². The number of methoxy groups -OCH3 is 1. The number of halogens is 2. The minimum absolute atomic E-state index is 0. The third-order valence-electron chi connectivity index (χ3n) is 3.99. The van der Waals surface area contributed by atoms with E-state index in [1.165, 1.54) is 10.4 Å². The monoisotopic (exact) mass is 412 g/mol. The molecule has 2 unspecified atom stereocenters. The predicted molar refractivity (Wildman–Crippen MR) is 101 cm³/mol. The molecule has 1 aliphatic rings. The average Bonchev–Trinajstić information content (AvgIpc) is 2.99. The summed E-state index contributed by atoms with van der Waals surface area (Å²) >= 11 is 6.03. The fraction of sp³-hybridized carbons (Fsp3) is 0.625. The van der Waals surface area contributed by atoms with Crippen molar-refractivity contribution < 1.29 is 17.9 Å². The van der Waals surface area contributed by atoms with Gasteiger partial charge in [-0.15, -0.1) is 12.4 Å². The Kier molecular flexibility index (Phi) is 8.94. The second-order valence-electron chi connectivity index (χ2n) is 6.05. The van der Waals surface area contributed by atoms with Gasteiger partial charge in [0.2, 0.25) is 10.0 Å². The third kappa shape index (κ3) is 5.70. The molecule has 1 aliphatic heterocycles. The van der Waals surface area contributed by atoms with Gasteiger partial charge in [-0.3, -0.25) is 0 Å². The van der Waals surface area contributed by atoms with Crippen LogP contribution in [0.25, 0.3) is 0 Å². The van der Waals surface area contributed by atoms with E-state index in [0.29, 0.717) is 36.4 Å². The fourth-order valence-corrected chi connectivity index (χ4v) is 4.79. The molecule has 2 atom stereocenters. The number of hydrogen-bond donors (Lipinski definition) is 1. The lowest BCUT2D eigenvalue weighted by Gasteiger charge is -2.21. The van der Waals surface area contributed by atoms with Crippen molar-refractivity contribution in [1.29, 1.82) is 0 Å². The van der Waals surface area contributed by atoms with Crippen LogP contribution in [-0.2, 0) is 14.8 Å². The third-order valence-corrected chi connectivity index (χ3v) is 6.12. The molecule has 1 fully saturated rings. The number of sulfonamides is 1. The van der Waals surface area contributed by atoms with Crippen molar-refractivity contribution in [3.63, 3.8) is 0 Å². The predicted octanol–water partition coefficient (Wildman–Crippen LogP) is 2.41. The molecule has 0 amide bonds. The van der Waals surface area contributed by atoms with Gasteiger partial charge < -0.3 is 14.8 Å². The van der Waals surface area contributed by atoms with E-state index in [9.17, 15) is 8.42 Å². The topological polar surface area (TPSA) is 67.9 Å². The van der Waals surface area contributed by atoms with Crippen molar-refractivity contribution in [2.45, 2.75) is 24.3 Å². The molecular formula is C16H26Cl2N2O4S. The van der Waals surface area contributed by atoms with Gasteiger partial charge in [0.15, 0.2) is 0 Å². The Morgan fingerprint density at radius 3 is 2.80 bits per heavy atom. The molecule has 1 heterocycles. The zero-order valence-corrected chi connectivity index (χ0v) is 17.1. The zero-order valence-electron chi connectivity index (χ0n) is 14.7. The fourth-order valence-electron chi connectivity index (χ4n) is 2.88. The lowest BCUT2D eigenvalue weighted by atomic mass is 10.1. The maximum absolute atomic E-state index is 13.0. The van der Waals surface area contributed by atoms with E-state index in [4.69, 9.17) is 21.1 Å². The van der Waals surface area contributed by atoms with Crippen LogP contribution in [0.4, 0.5) is 0 Å². The van der Waals surface area contributed by atoms with Crippen LogP contribution in [0.5, 0.6) is 5.75 Å². The van der Waals surface area contributed by atoms with Crippen LogP contribution in [0.1, 0.15) is 13.3 Å². The summed E-state index contributed by atoms with van der Waals surface area (Å²) in [6.45, 7) is 4.01. The van der Waals surface area contributed by atoms with E-state index in [-0.39, 0.29) is 23.4 Å². The SMILES string of the molecule is CNCC1CCN(S(=O)(=O)c2cc(Cl)ccc2OC(C)COC)C1.Cl. The highest BCUT2D eigenvalue weighted by Crippen LogP contribution is 2.33. The quantitative estimate of drug-likeness (QED) is 0.709. The van der Waals surface area contributed by atoms with Crippen molar-refractivity contribution in [3.8, 4) is 5.75 Å². The van der Waals surface area contributed by atoms with E-state index in [2.05, 4.69) is 5.32 Å². The van der Waals surface area contributed by atoms with Crippen LogP contribution in [0, 0.1) is 5.92 Å². The van der Waals surface area contributed by atoms with E-state index in [0.717, 1.165) is 13.0 Å². The molecule has 1 saturated heterocycles. The van der Waals surface area contributed by atoms with Crippen molar-refractivity contribution in [2.75, 3.05) is 40.4 Å². The maximum Gasteiger partial charge on any atom is 0.246 e. The van der Waals surface area contributed by atoms with Crippen LogP contribution >= 0.6 is 24.0 Å². The highest BCUT2D eigenvalue weighted by Gasteiger charge is 2.34. The summed E-state index contributed by atoms with van der Waals surface area (Å²) in [6.07, 6.45) is 0.581. The summed E-state index contributed by atoms with van der Waals surface area (Å²) in [7, 11) is -0.201. The van der Waals surface area contributed by atoms with E-state index in [1.54, 1.807) is 19.2 Å². The smallest absolute Gasteiger partial charge is 0.246 e. The van der Waals surface area contributed by atoms with E-state index >= 15 is 0 Å². The molecule has 1 N–H and O–H groups in total. The van der Waals surface area contributed by atoms with Gasteiger partial charge in [-0.2, -0.15) is 4.31 Å². The average molecular weight is 413 g/mol. The Bertz CT molecular complexity index is 658. The molecule has 0 bridgehead atoms. The first kappa shape index (κ1) is 22.5. The van der Waals surface area contributed by atoms with Crippen LogP contribution < -0.4 is 10.1 Å². The Balaban J connectivity index is 0.00000312. The van der Waals surface area contributed by atoms with Crippen LogP contribution in [0.2, 0.25) is 5.02 Å². The number of benzene rings is 1. The van der Waals surface area contributed by atoms with Gasteiger partial charge in [0.05, 0.1) is 6.61 Å².